The number of hydrogen-bond acceptors (Lipinski definition) is 3. The highest BCUT2D eigenvalue weighted by atomic mass is 32.2. The van der Waals surface area contributed by atoms with Crippen molar-refractivity contribution in [3.05, 3.63) is 46.9 Å². The van der Waals surface area contributed by atoms with Crippen LogP contribution in [0.4, 0.5) is 4.79 Å². The van der Waals surface area contributed by atoms with E-state index < -0.39 is 16.4 Å². The summed E-state index contributed by atoms with van der Waals surface area (Å²) in [7, 11) is -1.00. The van der Waals surface area contributed by atoms with E-state index >= 15 is 0 Å². The van der Waals surface area contributed by atoms with Crippen molar-refractivity contribution in [2.45, 2.75) is 45.9 Å². The molecule has 0 saturated heterocycles. The van der Waals surface area contributed by atoms with E-state index in [9.17, 15) is 9.00 Å². The zero-order valence-electron chi connectivity index (χ0n) is 13.5. The van der Waals surface area contributed by atoms with Gasteiger partial charge in [-0.1, -0.05) is 30.3 Å². The monoisotopic (exact) mass is 321 g/mol. The Morgan fingerprint density at radius 2 is 1.95 bits per heavy atom. The minimum absolute atomic E-state index is 0.184. The summed E-state index contributed by atoms with van der Waals surface area (Å²) in [5.74, 6) is 0.442. The van der Waals surface area contributed by atoms with Gasteiger partial charge in [0.25, 0.3) is 0 Å². The van der Waals surface area contributed by atoms with E-state index in [1.165, 1.54) is 0 Å². The minimum Gasteiger partial charge on any atom is -0.444 e. The first-order valence-electron chi connectivity index (χ1n) is 7.36. The molecule has 2 unspecified atom stereocenters. The van der Waals surface area contributed by atoms with Crippen molar-refractivity contribution in [3.8, 4) is 0 Å². The second-order valence-electron chi connectivity index (χ2n) is 6.45. The van der Waals surface area contributed by atoms with Crippen LogP contribution in [-0.4, -0.2) is 32.6 Å². The van der Waals surface area contributed by atoms with E-state index in [0.717, 1.165) is 10.5 Å². The van der Waals surface area contributed by atoms with Crippen LogP contribution in [0.5, 0.6) is 0 Å². The molecule has 0 saturated carbocycles. The van der Waals surface area contributed by atoms with Gasteiger partial charge < -0.3 is 4.74 Å². The Balaban J connectivity index is 2.21. The van der Waals surface area contributed by atoms with Crippen LogP contribution >= 0.6 is 0 Å². The predicted octanol–water partition coefficient (Wildman–Crippen LogP) is 3.46. The topological polar surface area (TPSA) is 46.6 Å². The first kappa shape index (κ1) is 16.7. The molecule has 1 aromatic rings. The van der Waals surface area contributed by atoms with Crippen molar-refractivity contribution in [3.63, 3.8) is 0 Å². The first-order valence-corrected chi connectivity index (χ1v) is 8.68. The number of allylic oxidation sites excluding steroid dienone is 1. The molecule has 0 aliphatic carbocycles. The number of hydrogen-bond donors (Lipinski definition) is 0. The lowest BCUT2D eigenvalue weighted by molar-refractivity contribution is 0.0198. The second-order valence-corrected chi connectivity index (χ2v) is 8.12. The Hall–Kier alpha value is -1.62. The van der Waals surface area contributed by atoms with E-state index in [2.05, 4.69) is 0 Å². The molecule has 1 heterocycles. The van der Waals surface area contributed by atoms with Gasteiger partial charge in [-0.25, -0.2) is 4.79 Å². The van der Waals surface area contributed by atoms with E-state index in [1.807, 2.05) is 64.1 Å². The zero-order chi connectivity index (χ0) is 16.3. The lowest BCUT2D eigenvalue weighted by Gasteiger charge is -2.30. The van der Waals surface area contributed by atoms with Crippen molar-refractivity contribution in [1.29, 1.82) is 0 Å². The van der Waals surface area contributed by atoms with Crippen LogP contribution in [0.25, 0.3) is 0 Å². The van der Waals surface area contributed by atoms with Crippen molar-refractivity contribution < 1.29 is 13.7 Å². The highest BCUT2D eigenvalue weighted by Crippen LogP contribution is 2.22. The molecule has 0 spiro atoms. The van der Waals surface area contributed by atoms with Gasteiger partial charge in [-0.05, 0) is 39.3 Å². The Labute approximate surface area is 134 Å². The van der Waals surface area contributed by atoms with Crippen LogP contribution in [0, 0.1) is 0 Å². The fraction of sp³-hybridized carbons (Fsp3) is 0.471. The number of ether oxygens (including phenoxy) is 1. The number of benzene rings is 1. The molecule has 120 valence electrons. The van der Waals surface area contributed by atoms with Crippen LogP contribution < -0.4 is 0 Å². The number of nitrogens with zero attached hydrogens (tertiary/aromatic N) is 1. The Bertz CT molecular complexity index is 590. The molecule has 0 bridgehead atoms. The maximum absolute atomic E-state index is 12.5. The summed E-state index contributed by atoms with van der Waals surface area (Å²) in [4.78, 5) is 15.0. The Morgan fingerprint density at radius 1 is 1.32 bits per heavy atom. The van der Waals surface area contributed by atoms with Crippen LogP contribution in [-0.2, 0) is 22.1 Å². The van der Waals surface area contributed by atoms with Gasteiger partial charge in [-0.3, -0.25) is 9.11 Å². The smallest absolute Gasteiger partial charge is 0.411 e. The van der Waals surface area contributed by atoms with Crippen molar-refractivity contribution >= 4 is 16.9 Å². The Morgan fingerprint density at radius 3 is 2.45 bits per heavy atom. The zero-order valence-corrected chi connectivity index (χ0v) is 14.4. The molecule has 0 radical (unpaired) electrons. The van der Waals surface area contributed by atoms with Crippen molar-refractivity contribution in [2.75, 3.05) is 5.75 Å². The third kappa shape index (κ3) is 4.44. The third-order valence-electron chi connectivity index (χ3n) is 3.33. The van der Waals surface area contributed by atoms with Gasteiger partial charge >= 0.3 is 6.09 Å². The van der Waals surface area contributed by atoms with Gasteiger partial charge in [-0.2, -0.15) is 0 Å². The van der Waals surface area contributed by atoms with Gasteiger partial charge in [-0.15, -0.1) is 0 Å². The lowest BCUT2D eigenvalue weighted by atomic mass is 10.1. The molecule has 0 N–H and O–H groups in total. The maximum atomic E-state index is 12.5. The molecule has 5 heteroatoms. The van der Waals surface area contributed by atoms with Gasteiger partial charge in [0.05, 0.1) is 22.6 Å². The minimum atomic E-state index is -1.00. The van der Waals surface area contributed by atoms with Crippen LogP contribution in [0.15, 0.2) is 41.3 Å². The molecule has 2 rings (SSSR count). The summed E-state index contributed by atoms with van der Waals surface area (Å²) in [6.45, 7) is 7.83. The Kier molecular flexibility index (Phi) is 5.06. The number of rotatable bonds is 3. The highest BCUT2D eigenvalue weighted by Gasteiger charge is 2.32. The molecule has 1 aromatic carbocycles. The summed E-state index contributed by atoms with van der Waals surface area (Å²) in [6.07, 6.45) is 1.53. The predicted molar refractivity (Wildman–Crippen MR) is 88.8 cm³/mol. The molecule has 1 aliphatic heterocycles. The largest absolute Gasteiger partial charge is 0.444 e. The summed E-state index contributed by atoms with van der Waals surface area (Å²) >= 11 is 0. The second kappa shape index (κ2) is 6.65. The molecule has 4 nitrogen and oxygen atoms in total. The van der Waals surface area contributed by atoms with Crippen LogP contribution in [0.2, 0.25) is 0 Å². The van der Waals surface area contributed by atoms with Crippen molar-refractivity contribution in [1.82, 2.24) is 4.90 Å². The summed E-state index contributed by atoms with van der Waals surface area (Å²) < 4.78 is 17.4. The van der Waals surface area contributed by atoms with Gasteiger partial charge in [0.2, 0.25) is 0 Å². The summed E-state index contributed by atoms with van der Waals surface area (Å²) in [6, 6.07) is 9.58. The lowest BCUT2D eigenvalue weighted by Crippen LogP contribution is -2.43. The SMILES string of the molecule is CC1=CC(N(Cc2ccccc2)C(=O)OC(C)(C)C)CS1=O. The number of carbonyl (C=O) groups is 1. The normalized spacial score (nSPS) is 21.4. The van der Waals surface area contributed by atoms with Gasteiger partial charge in [0.15, 0.2) is 0 Å². The average molecular weight is 321 g/mol. The molecular weight excluding hydrogens is 298 g/mol. The van der Waals surface area contributed by atoms with Gasteiger partial charge in [0, 0.05) is 11.4 Å². The first-order chi connectivity index (χ1) is 10.3. The third-order valence-corrected chi connectivity index (χ3v) is 4.83. The molecule has 0 fully saturated rings. The van der Waals surface area contributed by atoms with E-state index in [4.69, 9.17) is 4.74 Å². The molecule has 22 heavy (non-hydrogen) atoms. The number of amides is 1. The maximum Gasteiger partial charge on any atom is 0.411 e. The highest BCUT2D eigenvalue weighted by molar-refractivity contribution is 7.89. The summed E-state index contributed by atoms with van der Waals surface area (Å²) in [5.41, 5.74) is 0.472. The van der Waals surface area contributed by atoms with E-state index in [-0.39, 0.29) is 12.1 Å². The summed E-state index contributed by atoms with van der Waals surface area (Å²) in [5, 5.41) is 0. The quantitative estimate of drug-likeness (QED) is 0.856. The van der Waals surface area contributed by atoms with E-state index in [1.54, 1.807) is 4.90 Å². The molecule has 1 aliphatic rings. The molecule has 2 atom stereocenters. The molecule has 0 aromatic heterocycles. The van der Waals surface area contributed by atoms with Gasteiger partial charge in [0.1, 0.15) is 5.60 Å². The fourth-order valence-electron chi connectivity index (χ4n) is 2.28. The van der Waals surface area contributed by atoms with Crippen LogP contribution in [0.1, 0.15) is 33.3 Å². The average Bonchev–Trinajstić information content (AvgIpc) is 2.75. The molecular formula is C17H23NO3S. The van der Waals surface area contributed by atoms with Crippen molar-refractivity contribution in [2.24, 2.45) is 0 Å². The van der Waals surface area contributed by atoms with E-state index in [0.29, 0.717) is 12.3 Å². The fourth-order valence-corrected chi connectivity index (χ4v) is 3.44. The van der Waals surface area contributed by atoms with Crippen LogP contribution in [0.3, 0.4) is 0 Å². The standard InChI is InChI=1S/C17H23NO3S/c1-13-10-15(12-22(13)20)18(16(19)21-17(2,3)4)11-14-8-6-5-7-9-14/h5-10,15H,11-12H2,1-4H3. The molecule has 1 amide bonds. The number of carbonyl (C=O) groups excluding carboxylic acids is 1.